The van der Waals surface area contributed by atoms with Crippen molar-refractivity contribution in [3.63, 3.8) is 0 Å². The van der Waals surface area contributed by atoms with E-state index < -0.39 is 36.0 Å². The standard InChI is InChI=1S/C29H31FN2O6/c1-36-20-29(30)16-24(28(35)38-18-21-8-3-2-4-9-21)32(19-29)26(33)17-31-27(34)23-12-7-11-22-10-5-6-13-25(22)37-15-14-23/h2-10,12-14,24H,11,15-20H2,1H3,(H,31,34)/t24?,29-/m1/s1. The summed E-state index contributed by atoms with van der Waals surface area (Å²) in [6.07, 6.45) is 5.49. The summed E-state index contributed by atoms with van der Waals surface area (Å²) in [7, 11) is 1.36. The van der Waals surface area contributed by atoms with Crippen LogP contribution in [0.4, 0.5) is 4.39 Å². The van der Waals surface area contributed by atoms with E-state index >= 15 is 4.39 Å². The fourth-order valence-electron chi connectivity index (χ4n) is 4.54. The van der Waals surface area contributed by atoms with Gasteiger partial charge in [0.1, 0.15) is 25.0 Å². The van der Waals surface area contributed by atoms with Gasteiger partial charge in [0.2, 0.25) is 5.91 Å². The van der Waals surface area contributed by atoms with Crippen molar-refractivity contribution in [3.8, 4) is 5.75 Å². The van der Waals surface area contributed by atoms with Gasteiger partial charge in [-0.05, 0) is 29.7 Å². The molecule has 1 unspecified atom stereocenters. The van der Waals surface area contributed by atoms with Gasteiger partial charge in [0.05, 0.1) is 19.7 Å². The molecule has 1 N–H and O–H groups in total. The zero-order valence-corrected chi connectivity index (χ0v) is 21.2. The Balaban J connectivity index is 1.38. The number of nitrogens with zero attached hydrogens (tertiary/aromatic N) is 1. The maximum absolute atomic E-state index is 15.4. The topological polar surface area (TPSA) is 94.2 Å². The van der Waals surface area contributed by atoms with Crippen molar-refractivity contribution in [1.29, 1.82) is 0 Å². The normalized spacial score (nSPS) is 20.7. The Kier molecular flexibility index (Phi) is 8.91. The molecule has 2 aromatic rings. The number of esters is 1. The van der Waals surface area contributed by atoms with E-state index in [2.05, 4.69) is 5.32 Å². The van der Waals surface area contributed by atoms with Crippen LogP contribution in [0.15, 0.2) is 78.4 Å². The summed E-state index contributed by atoms with van der Waals surface area (Å²) in [6.45, 7) is -0.830. The lowest BCUT2D eigenvalue weighted by atomic mass is 10.0. The molecule has 9 heteroatoms. The molecule has 1 saturated heterocycles. The fourth-order valence-corrected chi connectivity index (χ4v) is 4.54. The molecule has 0 saturated carbocycles. The van der Waals surface area contributed by atoms with E-state index in [0.717, 1.165) is 21.8 Å². The van der Waals surface area contributed by atoms with Gasteiger partial charge >= 0.3 is 5.97 Å². The predicted octanol–water partition coefficient (Wildman–Crippen LogP) is 2.92. The lowest BCUT2D eigenvalue weighted by Gasteiger charge is -2.23. The van der Waals surface area contributed by atoms with Gasteiger partial charge in [0.15, 0.2) is 5.67 Å². The van der Waals surface area contributed by atoms with E-state index in [-0.39, 0.29) is 32.8 Å². The average molecular weight is 523 g/mol. The molecule has 2 amide bonds. The van der Waals surface area contributed by atoms with E-state index in [1.807, 2.05) is 48.5 Å². The molecule has 2 heterocycles. The summed E-state index contributed by atoms with van der Waals surface area (Å²) in [5.41, 5.74) is 0.208. The number of halogens is 1. The van der Waals surface area contributed by atoms with Gasteiger partial charge in [0.25, 0.3) is 5.91 Å². The zero-order valence-electron chi connectivity index (χ0n) is 21.2. The average Bonchev–Trinajstić information content (AvgIpc) is 3.32. The number of hydrogen-bond donors (Lipinski definition) is 1. The van der Waals surface area contributed by atoms with E-state index in [1.165, 1.54) is 7.11 Å². The number of rotatable bonds is 8. The summed E-state index contributed by atoms with van der Waals surface area (Å²) in [5.74, 6) is -1.03. The van der Waals surface area contributed by atoms with Crippen LogP contribution in [0.25, 0.3) is 0 Å². The van der Waals surface area contributed by atoms with Crippen LogP contribution in [0.1, 0.15) is 17.5 Å². The first-order chi connectivity index (χ1) is 18.4. The Morgan fingerprint density at radius 2 is 1.89 bits per heavy atom. The van der Waals surface area contributed by atoms with Gasteiger partial charge in [0, 0.05) is 19.1 Å². The van der Waals surface area contributed by atoms with Crippen molar-refractivity contribution in [3.05, 3.63) is 89.5 Å². The Morgan fingerprint density at radius 1 is 1.13 bits per heavy atom. The molecule has 2 atom stereocenters. The van der Waals surface area contributed by atoms with E-state index in [0.29, 0.717) is 12.0 Å². The van der Waals surface area contributed by atoms with Gasteiger partial charge in [-0.3, -0.25) is 9.59 Å². The number of para-hydroxylation sites is 1. The highest BCUT2D eigenvalue weighted by Gasteiger charge is 2.50. The Hall–Kier alpha value is -3.98. The van der Waals surface area contributed by atoms with E-state index in [1.54, 1.807) is 24.3 Å². The van der Waals surface area contributed by atoms with Gasteiger partial charge < -0.3 is 24.4 Å². The number of methoxy groups -OCH3 is 1. The van der Waals surface area contributed by atoms with Gasteiger partial charge in [-0.15, -0.1) is 0 Å². The number of benzene rings is 2. The molecule has 0 aliphatic carbocycles. The molecule has 0 spiro atoms. The molecule has 0 radical (unpaired) electrons. The number of nitrogens with one attached hydrogen (secondary N) is 1. The van der Waals surface area contributed by atoms with Gasteiger partial charge in [-0.25, -0.2) is 9.18 Å². The van der Waals surface area contributed by atoms with Gasteiger partial charge in [-0.1, -0.05) is 60.7 Å². The monoisotopic (exact) mass is 522 g/mol. The smallest absolute Gasteiger partial charge is 0.329 e. The highest BCUT2D eigenvalue weighted by Crippen LogP contribution is 2.32. The zero-order chi connectivity index (χ0) is 27.0. The molecule has 38 heavy (non-hydrogen) atoms. The number of carbonyl (C=O) groups is 3. The highest BCUT2D eigenvalue weighted by molar-refractivity contribution is 5.98. The Labute approximate surface area is 221 Å². The quantitative estimate of drug-likeness (QED) is 0.536. The summed E-state index contributed by atoms with van der Waals surface area (Å²) in [5, 5.41) is 2.58. The first-order valence-electron chi connectivity index (χ1n) is 12.4. The molecule has 8 nitrogen and oxygen atoms in total. The third-order valence-corrected chi connectivity index (χ3v) is 6.42. The van der Waals surface area contributed by atoms with Crippen LogP contribution in [0, 0.1) is 0 Å². The minimum atomic E-state index is -1.90. The summed E-state index contributed by atoms with van der Waals surface area (Å²) in [6, 6.07) is 15.6. The van der Waals surface area contributed by atoms with Gasteiger partial charge in [-0.2, -0.15) is 0 Å². The second-order valence-corrected chi connectivity index (χ2v) is 9.29. The summed E-state index contributed by atoms with van der Waals surface area (Å²) in [4.78, 5) is 39.9. The maximum atomic E-state index is 15.4. The van der Waals surface area contributed by atoms with Crippen molar-refractivity contribution in [2.45, 2.75) is 31.2 Å². The summed E-state index contributed by atoms with van der Waals surface area (Å²) < 4.78 is 31.5. The number of likely N-dealkylation sites (tertiary alicyclic amines) is 1. The third kappa shape index (κ3) is 6.86. The van der Waals surface area contributed by atoms with Crippen LogP contribution in [-0.4, -0.2) is 67.8 Å². The second-order valence-electron chi connectivity index (χ2n) is 9.29. The van der Waals surface area contributed by atoms with Crippen molar-refractivity contribution in [1.82, 2.24) is 10.2 Å². The Bertz CT molecular complexity index is 1210. The molecule has 200 valence electrons. The van der Waals surface area contributed by atoms with Crippen LogP contribution in [0.2, 0.25) is 0 Å². The predicted molar refractivity (Wildman–Crippen MR) is 138 cm³/mol. The minimum Gasteiger partial charge on any atom is -0.489 e. The highest BCUT2D eigenvalue weighted by atomic mass is 19.1. The lowest BCUT2D eigenvalue weighted by Crippen LogP contribution is -2.46. The largest absolute Gasteiger partial charge is 0.489 e. The van der Waals surface area contributed by atoms with Crippen LogP contribution in [-0.2, 0) is 36.9 Å². The molecule has 1 fully saturated rings. The molecule has 4 rings (SSSR count). The SMILES string of the molecule is COC[C@@]1(F)CC(C(=O)OCc2ccccc2)N(C(=O)CNC(=O)C2=CCOc3ccccc3CC=C2)C1. The number of fused-ring (bicyclic) bond motifs is 1. The first kappa shape index (κ1) is 27.1. The third-order valence-electron chi connectivity index (χ3n) is 6.42. The van der Waals surface area contributed by atoms with E-state index in [4.69, 9.17) is 14.2 Å². The van der Waals surface area contributed by atoms with Crippen molar-refractivity contribution in [2.24, 2.45) is 0 Å². The molecule has 2 aliphatic rings. The number of ether oxygens (including phenoxy) is 3. The van der Waals surface area contributed by atoms with Crippen LogP contribution < -0.4 is 10.1 Å². The maximum Gasteiger partial charge on any atom is 0.329 e. The van der Waals surface area contributed by atoms with Crippen LogP contribution in [0.3, 0.4) is 0 Å². The van der Waals surface area contributed by atoms with E-state index in [9.17, 15) is 14.4 Å². The number of alkyl halides is 1. The minimum absolute atomic E-state index is 0.00489. The molecular weight excluding hydrogens is 491 g/mol. The fraction of sp³-hybridized carbons (Fsp3) is 0.345. The van der Waals surface area contributed by atoms with Crippen LogP contribution in [0.5, 0.6) is 5.75 Å². The van der Waals surface area contributed by atoms with Crippen LogP contribution >= 0.6 is 0 Å². The molecule has 0 aromatic heterocycles. The van der Waals surface area contributed by atoms with Crippen molar-refractivity contribution >= 4 is 17.8 Å². The molecule has 2 aliphatic heterocycles. The first-order valence-corrected chi connectivity index (χ1v) is 12.4. The number of carbonyl (C=O) groups excluding carboxylic acids is 3. The Morgan fingerprint density at radius 3 is 2.68 bits per heavy atom. The van der Waals surface area contributed by atoms with Crippen molar-refractivity contribution in [2.75, 3.05) is 33.4 Å². The summed E-state index contributed by atoms with van der Waals surface area (Å²) >= 11 is 0. The molecular formula is C29H31FN2O6. The number of allylic oxidation sites excluding steroid dienone is 1. The lowest BCUT2D eigenvalue weighted by molar-refractivity contribution is -0.154. The molecule has 2 aromatic carbocycles. The van der Waals surface area contributed by atoms with Crippen molar-refractivity contribution < 1.29 is 33.0 Å². The molecule has 0 bridgehead atoms. The number of hydrogen-bond acceptors (Lipinski definition) is 6. The number of amides is 2. The second kappa shape index (κ2) is 12.5.